The molecule has 120 valence electrons. The van der Waals surface area contributed by atoms with Crippen LogP contribution in [0.1, 0.15) is 56.0 Å². The molecule has 0 aliphatic heterocycles. The first-order chi connectivity index (χ1) is 11.0. The molecule has 0 spiro atoms. The predicted molar refractivity (Wildman–Crippen MR) is 93.6 cm³/mol. The molecule has 1 aromatic heterocycles. The number of carbonyl (C=O) groups is 1. The van der Waals surface area contributed by atoms with Crippen molar-refractivity contribution in [3.63, 3.8) is 0 Å². The molecule has 23 heavy (non-hydrogen) atoms. The Kier molecular flexibility index (Phi) is 4.20. The Morgan fingerprint density at radius 3 is 2.65 bits per heavy atom. The topological polar surface area (TPSA) is 42.0 Å². The monoisotopic (exact) mass is 308 g/mol. The average molecular weight is 308 g/mol. The number of carbonyl (C=O) groups excluding carboxylic acids is 1. The van der Waals surface area contributed by atoms with Crippen LogP contribution in [-0.4, -0.2) is 11.3 Å². The van der Waals surface area contributed by atoms with E-state index < -0.39 is 0 Å². The molecule has 3 rings (SSSR count). The summed E-state index contributed by atoms with van der Waals surface area (Å²) in [5.41, 5.74) is 3.51. The number of rotatable bonds is 4. The van der Waals surface area contributed by atoms with Gasteiger partial charge in [0.25, 0.3) is 0 Å². The third kappa shape index (κ3) is 3.44. The molecule has 0 radical (unpaired) electrons. The van der Waals surface area contributed by atoms with Gasteiger partial charge in [-0.2, -0.15) is 0 Å². The molecule has 1 N–H and O–H groups in total. The lowest BCUT2D eigenvalue weighted by Gasteiger charge is -2.34. The van der Waals surface area contributed by atoms with Gasteiger partial charge in [0.1, 0.15) is 12.1 Å². The van der Waals surface area contributed by atoms with Gasteiger partial charge in [0.2, 0.25) is 0 Å². The van der Waals surface area contributed by atoms with E-state index >= 15 is 0 Å². The molecule has 1 heterocycles. The van der Waals surface area contributed by atoms with Crippen LogP contribution >= 0.6 is 0 Å². The summed E-state index contributed by atoms with van der Waals surface area (Å²) >= 11 is 0. The number of fused-ring (bicyclic) bond motifs is 1. The second kappa shape index (κ2) is 6.15. The van der Waals surface area contributed by atoms with Crippen LogP contribution in [0, 0.1) is 5.41 Å². The molecule has 0 fully saturated rings. The molecular weight excluding hydrogens is 284 g/mol. The van der Waals surface area contributed by atoms with Gasteiger partial charge in [-0.15, -0.1) is 0 Å². The fraction of sp³-hybridized carbons (Fsp3) is 0.400. The summed E-state index contributed by atoms with van der Waals surface area (Å²) in [6, 6.07) is 14.6. The van der Waals surface area contributed by atoms with Crippen LogP contribution in [-0.2, 0) is 11.2 Å². The van der Waals surface area contributed by atoms with Crippen molar-refractivity contribution in [2.24, 2.45) is 5.41 Å². The molecule has 1 aliphatic rings. The number of aromatic nitrogens is 1. The zero-order valence-electron chi connectivity index (χ0n) is 14.0. The van der Waals surface area contributed by atoms with Crippen LogP contribution in [0.15, 0.2) is 42.5 Å². The highest BCUT2D eigenvalue weighted by Crippen LogP contribution is 2.40. The van der Waals surface area contributed by atoms with Gasteiger partial charge in [-0.1, -0.05) is 50.2 Å². The van der Waals surface area contributed by atoms with Crippen LogP contribution in [0.2, 0.25) is 0 Å². The Bertz CT molecular complexity index is 694. The van der Waals surface area contributed by atoms with Crippen LogP contribution in [0.5, 0.6) is 0 Å². The van der Waals surface area contributed by atoms with Crippen LogP contribution in [0.4, 0.5) is 5.82 Å². The van der Waals surface area contributed by atoms with E-state index in [9.17, 15) is 4.79 Å². The van der Waals surface area contributed by atoms with Gasteiger partial charge >= 0.3 is 0 Å². The maximum Gasteiger partial charge on any atom is 0.127 e. The van der Waals surface area contributed by atoms with E-state index in [0.717, 1.165) is 36.2 Å². The Balaban J connectivity index is 1.85. The average Bonchev–Trinajstić information content (AvgIpc) is 2.53. The summed E-state index contributed by atoms with van der Waals surface area (Å²) in [7, 11) is 0. The molecule has 1 aliphatic carbocycles. The van der Waals surface area contributed by atoms with E-state index in [2.05, 4.69) is 44.3 Å². The fourth-order valence-corrected chi connectivity index (χ4v) is 3.47. The van der Waals surface area contributed by atoms with E-state index in [0.29, 0.717) is 0 Å². The molecule has 0 saturated heterocycles. The highest BCUT2D eigenvalue weighted by Gasteiger charge is 2.33. The quantitative estimate of drug-likeness (QED) is 0.845. The summed E-state index contributed by atoms with van der Waals surface area (Å²) in [4.78, 5) is 16.2. The maximum absolute atomic E-state index is 11.4. The lowest BCUT2D eigenvalue weighted by molar-refractivity contribution is -0.109. The standard InChI is InChI=1S/C20H24N2O/c1-14(15-7-5-4-6-8-15)21-19-10-9-17-16(13-23)11-20(2,3)12-18(17)22-19/h4-10,13-14,16H,11-12H2,1-3H3,(H,21,22). The second-order valence-electron chi connectivity index (χ2n) is 7.30. The minimum atomic E-state index is -0.0261. The van der Waals surface area contributed by atoms with Crippen molar-refractivity contribution in [2.45, 2.75) is 45.6 Å². The van der Waals surface area contributed by atoms with Gasteiger partial charge in [-0.25, -0.2) is 4.98 Å². The summed E-state index contributed by atoms with van der Waals surface area (Å²) < 4.78 is 0. The van der Waals surface area contributed by atoms with Crippen LogP contribution < -0.4 is 5.32 Å². The molecular formula is C20H24N2O. The zero-order chi connectivity index (χ0) is 16.4. The first kappa shape index (κ1) is 15.7. The second-order valence-corrected chi connectivity index (χ2v) is 7.30. The normalized spacial score (nSPS) is 20.4. The number of hydrogen-bond acceptors (Lipinski definition) is 3. The molecule has 0 saturated carbocycles. The predicted octanol–water partition coefficient (Wildman–Crippen LogP) is 4.51. The number of nitrogens with zero attached hydrogens (tertiary/aromatic N) is 1. The fourth-order valence-electron chi connectivity index (χ4n) is 3.47. The Hall–Kier alpha value is -2.16. The Morgan fingerprint density at radius 1 is 1.22 bits per heavy atom. The summed E-state index contributed by atoms with van der Waals surface area (Å²) in [5.74, 6) is 0.851. The van der Waals surface area contributed by atoms with Gasteiger partial charge in [0.15, 0.2) is 0 Å². The summed E-state index contributed by atoms with van der Waals surface area (Å²) in [5, 5.41) is 3.47. The van der Waals surface area contributed by atoms with Gasteiger partial charge in [-0.05, 0) is 42.4 Å². The third-order valence-electron chi connectivity index (χ3n) is 4.66. The minimum absolute atomic E-state index is 0.0261. The van der Waals surface area contributed by atoms with Crippen LogP contribution in [0.3, 0.4) is 0 Å². The zero-order valence-corrected chi connectivity index (χ0v) is 14.0. The van der Waals surface area contributed by atoms with Crippen molar-refractivity contribution < 1.29 is 4.79 Å². The van der Waals surface area contributed by atoms with Crippen molar-refractivity contribution in [1.29, 1.82) is 0 Å². The number of benzene rings is 1. The summed E-state index contributed by atoms with van der Waals surface area (Å²) in [6.45, 7) is 6.55. The molecule has 2 atom stereocenters. The van der Waals surface area contributed by atoms with E-state index in [1.165, 1.54) is 5.56 Å². The van der Waals surface area contributed by atoms with Crippen molar-refractivity contribution in [3.05, 3.63) is 59.3 Å². The molecule has 2 aromatic rings. The summed E-state index contributed by atoms with van der Waals surface area (Å²) in [6.07, 6.45) is 2.89. The smallest absolute Gasteiger partial charge is 0.127 e. The maximum atomic E-state index is 11.4. The van der Waals surface area contributed by atoms with Gasteiger partial charge < -0.3 is 10.1 Å². The Morgan fingerprint density at radius 2 is 1.96 bits per heavy atom. The first-order valence-electron chi connectivity index (χ1n) is 8.25. The number of nitrogens with one attached hydrogen (secondary N) is 1. The van der Waals surface area contributed by atoms with Crippen molar-refractivity contribution >= 4 is 12.1 Å². The molecule has 3 nitrogen and oxygen atoms in total. The molecule has 1 aromatic carbocycles. The van der Waals surface area contributed by atoms with Crippen molar-refractivity contribution in [1.82, 2.24) is 4.98 Å². The van der Waals surface area contributed by atoms with Crippen LogP contribution in [0.25, 0.3) is 0 Å². The van der Waals surface area contributed by atoms with E-state index in [1.807, 2.05) is 24.3 Å². The van der Waals surface area contributed by atoms with E-state index in [-0.39, 0.29) is 17.4 Å². The third-order valence-corrected chi connectivity index (χ3v) is 4.66. The van der Waals surface area contributed by atoms with Gasteiger partial charge in [0.05, 0.1) is 0 Å². The highest BCUT2D eigenvalue weighted by molar-refractivity contribution is 5.64. The SMILES string of the molecule is CC(Nc1ccc2c(n1)CC(C)(C)CC2C=O)c1ccccc1. The number of pyridine rings is 1. The van der Waals surface area contributed by atoms with Crippen molar-refractivity contribution in [2.75, 3.05) is 5.32 Å². The lowest BCUT2D eigenvalue weighted by atomic mass is 9.71. The number of anilines is 1. The first-order valence-corrected chi connectivity index (χ1v) is 8.25. The van der Waals surface area contributed by atoms with E-state index in [4.69, 9.17) is 4.98 Å². The van der Waals surface area contributed by atoms with Crippen molar-refractivity contribution in [3.8, 4) is 0 Å². The largest absolute Gasteiger partial charge is 0.364 e. The van der Waals surface area contributed by atoms with E-state index in [1.54, 1.807) is 0 Å². The van der Waals surface area contributed by atoms with Gasteiger partial charge in [-0.3, -0.25) is 0 Å². The molecule has 0 bridgehead atoms. The highest BCUT2D eigenvalue weighted by atomic mass is 16.1. The number of hydrogen-bond donors (Lipinski definition) is 1. The van der Waals surface area contributed by atoms with Gasteiger partial charge in [0, 0.05) is 17.7 Å². The Labute approximate surface area is 138 Å². The lowest BCUT2D eigenvalue weighted by Crippen LogP contribution is -2.27. The molecule has 0 amide bonds. The molecule has 2 unspecified atom stereocenters. The minimum Gasteiger partial charge on any atom is -0.364 e. The molecule has 3 heteroatoms. The number of aldehydes is 1.